The van der Waals surface area contributed by atoms with Crippen LogP contribution in [0.2, 0.25) is 0 Å². The molecular weight excluding hydrogens is 342 g/mol. The van der Waals surface area contributed by atoms with Gasteiger partial charge in [-0.05, 0) is 60.9 Å². The van der Waals surface area contributed by atoms with Crippen molar-refractivity contribution in [2.45, 2.75) is 37.9 Å². The van der Waals surface area contributed by atoms with Gasteiger partial charge >= 0.3 is 5.97 Å². The molecular formula is C22H23NO4. The molecule has 0 aromatic heterocycles. The van der Waals surface area contributed by atoms with Crippen LogP contribution in [0.25, 0.3) is 0 Å². The van der Waals surface area contributed by atoms with Gasteiger partial charge in [-0.25, -0.2) is 4.79 Å². The minimum absolute atomic E-state index is 0.0218. The maximum atomic E-state index is 12.5. The molecule has 0 saturated carbocycles. The number of ether oxygens (including phenoxy) is 1. The lowest BCUT2D eigenvalue weighted by molar-refractivity contribution is -0.117. The Morgan fingerprint density at radius 2 is 1.63 bits per heavy atom. The number of rotatable bonds is 6. The molecule has 2 aliphatic heterocycles. The van der Waals surface area contributed by atoms with Crippen molar-refractivity contribution in [1.82, 2.24) is 0 Å². The molecule has 27 heavy (non-hydrogen) atoms. The van der Waals surface area contributed by atoms with E-state index in [9.17, 15) is 9.59 Å². The average molecular weight is 365 g/mol. The quantitative estimate of drug-likeness (QED) is 0.817. The molecule has 140 valence electrons. The van der Waals surface area contributed by atoms with E-state index in [0.717, 1.165) is 30.5 Å². The summed E-state index contributed by atoms with van der Waals surface area (Å²) in [5.74, 6) is -0.401. The fourth-order valence-corrected chi connectivity index (χ4v) is 4.44. The lowest BCUT2D eigenvalue weighted by Crippen LogP contribution is -2.32. The highest BCUT2D eigenvalue weighted by atomic mass is 16.5. The van der Waals surface area contributed by atoms with Gasteiger partial charge in [-0.2, -0.15) is 0 Å². The van der Waals surface area contributed by atoms with Gasteiger partial charge in [0.1, 0.15) is 0 Å². The molecule has 0 unspecified atom stereocenters. The molecule has 2 aliphatic rings. The minimum atomic E-state index is -0.916. The number of carbonyl (C=O) groups excluding carboxylic acids is 1. The Labute approximate surface area is 158 Å². The molecule has 4 atom stereocenters. The van der Waals surface area contributed by atoms with Crippen molar-refractivity contribution in [3.05, 3.63) is 65.7 Å². The van der Waals surface area contributed by atoms with Crippen molar-refractivity contribution in [2.24, 2.45) is 11.8 Å². The molecule has 2 heterocycles. The van der Waals surface area contributed by atoms with Crippen LogP contribution >= 0.6 is 0 Å². The van der Waals surface area contributed by atoms with E-state index in [-0.39, 0.29) is 24.0 Å². The third kappa shape index (κ3) is 3.88. The topological polar surface area (TPSA) is 75.6 Å². The molecule has 5 nitrogen and oxygen atoms in total. The van der Waals surface area contributed by atoms with Gasteiger partial charge in [0.2, 0.25) is 5.91 Å². The Morgan fingerprint density at radius 1 is 0.963 bits per heavy atom. The monoisotopic (exact) mass is 365 g/mol. The van der Waals surface area contributed by atoms with Gasteiger partial charge in [0.15, 0.2) is 0 Å². The van der Waals surface area contributed by atoms with E-state index in [4.69, 9.17) is 9.84 Å². The first kappa shape index (κ1) is 17.7. The number of carboxylic acids is 1. The number of amides is 1. The van der Waals surface area contributed by atoms with E-state index in [2.05, 4.69) is 5.32 Å². The van der Waals surface area contributed by atoms with Crippen LogP contribution in [0.5, 0.6) is 0 Å². The van der Waals surface area contributed by atoms with Crippen LogP contribution in [-0.2, 0) is 16.0 Å². The molecule has 2 saturated heterocycles. The maximum Gasteiger partial charge on any atom is 0.335 e. The Hall–Kier alpha value is -2.66. The Bertz CT molecular complexity index is 818. The van der Waals surface area contributed by atoms with Gasteiger partial charge in [0.25, 0.3) is 0 Å². The molecule has 2 bridgehead atoms. The molecule has 0 radical (unpaired) electrons. The van der Waals surface area contributed by atoms with Crippen molar-refractivity contribution >= 4 is 17.6 Å². The summed E-state index contributed by atoms with van der Waals surface area (Å²) in [5, 5.41) is 12.0. The molecule has 2 fully saturated rings. The normalized spacial score (nSPS) is 26.1. The highest BCUT2D eigenvalue weighted by molar-refractivity contribution is 5.91. The third-order valence-electron chi connectivity index (χ3n) is 5.74. The standard InChI is InChI=1S/C22H23NO4/c24-21(23-16-4-2-1-3-5-16)13-18-17(19-10-11-20(18)27-19)12-14-6-8-15(9-7-14)22(25)26/h1-9,17-20H,10-13H2,(H,23,24)(H,25,26)/t17-,18+,19-,20+/m1/s1. The van der Waals surface area contributed by atoms with E-state index in [0.29, 0.717) is 17.9 Å². The van der Waals surface area contributed by atoms with Crippen LogP contribution in [0, 0.1) is 11.8 Å². The zero-order valence-electron chi connectivity index (χ0n) is 15.0. The molecule has 0 spiro atoms. The number of benzene rings is 2. The second-order valence-electron chi connectivity index (χ2n) is 7.44. The number of para-hydroxylation sites is 1. The Kier molecular flexibility index (Phi) is 4.94. The highest BCUT2D eigenvalue weighted by Crippen LogP contribution is 2.46. The summed E-state index contributed by atoms with van der Waals surface area (Å²) in [6, 6.07) is 16.5. The van der Waals surface area contributed by atoms with Gasteiger partial charge in [0, 0.05) is 12.1 Å². The summed E-state index contributed by atoms with van der Waals surface area (Å²) in [5.41, 5.74) is 2.20. The maximum absolute atomic E-state index is 12.5. The molecule has 2 N–H and O–H groups in total. The van der Waals surface area contributed by atoms with Crippen LogP contribution in [0.15, 0.2) is 54.6 Å². The zero-order chi connectivity index (χ0) is 18.8. The molecule has 2 aromatic rings. The van der Waals surface area contributed by atoms with Crippen LogP contribution in [0.1, 0.15) is 35.2 Å². The third-order valence-corrected chi connectivity index (χ3v) is 5.74. The van der Waals surface area contributed by atoms with E-state index >= 15 is 0 Å². The van der Waals surface area contributed by atoms with Crippen molar-refractivity contribution in [3.63, 3.8) is 0 Å². The number of hydrogen-bond acceptors (Lipinski definition) is 3. The summed E-state index contributed by atoms with van der Waals surface area (Å²) in [6.07, 6.45) is 3.67. The average Bonchev–Trinajstić information content (AvgIpc) is 3.26. The fourth-order valence-electron chi connectivity index (χ4n) is 4.44. The lowest BCUT2D eigenvalue weighted by atomic mass is 9.74. The van der Waals surface area contributed by atoms with Gasteiger partial charge in [-0.1, -0.05) is 30.3 Å². The number of carboxylic acid groups (broad SMARTS) is 1. The van der Waals surface area contributed by atoms with Gasteiger partial charge in [-0.15, -0.1) is 0 Å². The summed E-state index contributed by atoms with van der Waals surface area (Å²) in [4.78, 5) is 23.6. The summed E-state index contributed by atoms with van der Waals surface area (Å²) in [7, 11) is 0. The van der Waals surface area contributed by atoms with Crippen molar-refractivity contribution < 1.29 is 19.4 Å². The Balaban J connectivity index is 1.43. The summed E-state index contributed by atoms with van der Waals surface area (Å²) < 4.78 is 6.11. The summed E-state index contributed by atoms with van der Waals surface area (Å²) >= 11 is 0. The smallest absolute Gasteiger partial charge is 0.335 e. The number of carbonyl (C=O) groups is 2. The van der Waals surface area contributed by atoms with Crippen molar-refractivity contribution in [1.29, 1.82) is 0 Å². The van der Waals surface area contributed by atoms with Crippen molar-refractivity contribution in [2.75, 3.05) is 5.32 Å². The minimum Gasteiger partial charge on any atom is -0.478 e. The highest BCUT2D eigenvalue weighted by Gasteiger charge is 2.49. The second kappa shape index (κ2) is 7.53. The number of fused-ring (bicyclic) bond motifs is 2. The van der Waals surface area contributed by atoms with Crippen LogP contribution in [-0.4, -0.2) is 29.2 Å². The van der Waals surface area contributed by atoms with Crippen LogP contribution < -0.4 is 5.32 Å². The van der Waals surface area contributed by atoms with E-state index in [1.54, 1.807) is 12.1 Å². The van der Waals surface area contributed by atoms with E-state index < -0.39 is 5.97 Å². The first-order valence-electron chi connectivity index (χ1n) is 9.43. The molecule has 4 rings (SSSR count). The summed E-state index contributed by atoms with van der Waals surface area (Å²) in [6.45, 7) is 0. The van der Waals surface area contributed by atoms with E-state index in [1.807, 2.05) is 42.5 Å². The molecule has 0 aliphatic carbocycles. The number of hydrogen-bond donors (Lipinski definition) is 2. The zero-order valence-corrected chi connectivity index (χ0v) is 15.0. The number of nitrogens with one attached hydrogen (secondary N) is 1. The number of anilines is 1. The lowest BCUT2D eigenvalue weighted by Gasteiger charge is -2.27. The number of aromatic carboxylic acids is 1. The predicted molar refractivity (Wildman–Crippen MR) is 102 cm³/mol. The van der Waals surface area contributed by atoms with Crippen LogP contribution in [0.3, 0.4) is 0 Å². The molecule has 5 heteroatoms. The molecule has 1 amide bonds. The SMILES string of the molecule is O=C(C[C@H]1[C@@H](Cc2ccc(C(=O)O)cc2)[C@H]2CC[C@@H]1O2)Nc1ccccc1. The van der Waals surface area contributed by atoms with Gasteiger partial charge < -0.3 is 15.2 Å². The fraction of sp³-hybridized carbons (Fsp3) is 0.364. The van der Waals surface area contributed by atoms with Crippen LogP contribution in [0.4, 0.5) is 5.69 Å². The van der Waals surface area contributed by atoms with Gasteiger partial charge in [-0.3, -0.25) is 4.79 Å². The molecule has 2 aromatic carbocycles. The Morgan fingerprint density at radius 3 is 2.30 bits per heavy atom. The van der Waals surface area contributed by atoms with E-state index in [1.165, 1.54) is 0 Å². The largest absolute Gasteiger partial charge is 0.478 e. The van der Waals surface area contributed by atoms with Crippen molar-refractivity contribution in [3.8, 4) is 0 Å². The predicted octanol–water partition coefficient (Wildman–Crippen LogP) is 3.75. The first-order valence-corrected chi connectivity index (χ1v) is 9.43. The van der Waals surface area contributed by atoms with Gasteiger partial charge in [0.05, 0.1) is 17.8 Å². The first-order chi connectivity index (χ1) is 13.1. The second-order valence-corrected chi connectivity index (χ2v) is 7.44.